The third-order valence-corrected chi connectivity index (χ3v) is 5.10. The highest BCUT2D eigenvalue weighted by atomic mass is 35.5. The second-order valence-corrected chi connectivity index (χ2v) is 7.70. The SMILES string of the molecule is Cc1cc(Cl)ccc1OCc1nnc(SCC(=O)c2ccc(Cl)cc2Cl)o1. The zero-order chi connectivity index (χ0) is 19.4. The van der Waals surface area contributed by atoms with Gasteiger partial charge in [-0.1, -0.05) is 46.6 Å². The lowest BCUT2D eigenvalue weighted by Crippen LogP contribution is -2.03. The Balaban J connectivity index is 1.55. The minimum Gasteiger partial charge on any atom is -0.484 e. The molecule has 140 valence electrons. The Hall–Kier alpha value is -1.73. The molecule has 5 nitrogen and oxygen atoms in total. The number of nitrogens with zero attached hydrogens (tertiary/aromatic N) is 2. The van der Waals surface area contributed by atoms with Crippen LogP contribution in [0.25, 0.3) is 0 Å². The van der Waals surface area contributed by atoms with Crippen LogP contribution in [0.2, 0.25) is 15.1 Å². The lowest BCUT2D eigenvalue weighted by Gasteiger charge is -2.06. The van der Waals surface area contributed by atoms with Crippen LogP contribution in [-0.2, 0) is 6.61 Å². The average molecular weight is 444 g/mol. The maximum Gasteiger partial charge on any atom is 0.277 e. The molecule has 0 bridgehead atoms. The molecule has 0 unspecified atom stereocenters. The minimum atomic E-state index is -0.158. The topological polar surface area (TPSA) is 65.2 Å². The van der Waals surface area contributed by atoms with Gasteiger partial charge in [0.25, 0.3) is 11.1 Å². The molecular formula is C18H13Cl3N2O3S. The smallest absolute Gasteiger partial charge is 0.277 e. The molecular weight excluding hydrogens is 431 g/mol. The van der Waals surface area contributed by atoms with E-state index in [1.54, 1.807) is 30.3 Å². The van der Waals surface area contributed by atoms with Crippen molar-refractivity contribution in [1.29, 1.82) is 0 Å². The van der Waals surface area contributed by atoms with Crippen LogP contribution in [0.5, 0.6) is 5.75 Å². The van der Waals surface area contributed by atoms with Gasteiger partial charge in [-0.3, -0.25) is 4.79 Å². The Bertz CT molecular complexity index is 978. The van der Waals surface area contributed by atoms with Gasteiger partial charge in [-0.25, -0.2) is 0 Å². The molecule has 9 heteroatoms. The molecule has 0 aliphatic heterocycles. The van der Waals surface area contributed by atoms with E-state index in [1.807, 2.05) is 6.92 Å². The largest absolute Gasteiger partial charge is 0.484 e. The first-order chi connectivity index (χ1) is 12.9. The summed E-state index contributed by atoms with van der Waals surface area (Å²) < 4.78 is 11.1. The van der Waals surface area contributed by atoms with Crippen LogP contribution >= 0.6 is 46.6 Å². The summed E-state index contributed by atoms with van der Waals surface area (Å²) in [5, 5.41) is 9.52. The Morgan fingerprint density at radius 3 is 2.59 bits per heavy atom. The van der Waals surface area contributed by atoms with Gasteiger partial charge in [0.2, 0.25) is 0 Å². The number of ether oxygens (including phenoxy) is 1. The van der Waals surface area contributed by atoms with Crippen molar-refractivity contribution in [3.63, 3.8) is 0 Å². The summed E-state index contributed by atoms with van der Waals surface area (Å²) in [7, 11) is 0. The van der Waals surface area contributed by atoms with E-state index in [2.05, 4.69) is 10.2 Å². The second-order valence-electron chi connectivity index (χ2n) is 5.50. The van der Waals surface area contributed by atoms with Crippen molar-refractivity contribution in [3.8, 4) is 5.75 Å². The summed E-state index contributed by atoms with van der Waals surface area (Å²) in [5.74, 6) is 0.942. The summed E-state index contributed by atoms with van der Waals surface area (Å²) in [6, 6.07) is 10.1. The highest BCUT2D eigenvalue weighted by Crippen LogP contribution is 2.25. The predicted octanol–water partition coefficient (Wildman–Crippen LogP) is 5.89. The van der Waals surface area contributed by atoms with Gasteiger partial charge >= 0.3 is 0 Å². The Morgan fingerprint density at radius 1 is 1.11 bits per heavy atom. The van der Waals surface area contributed by atoms with Gasteiger partial charge in [0.1, 0.15) is 5.75 Å². The molecule has 0 saturated heterocycles. The molecule has 0 saturated carbocycles. The van der Waals surface area contributed by atoms with Crippen LogP contribution in [0.4, 0.5) is 0 Å². The molecule has 0 amide bonds. The number of rotatable bonds is 7. The van der Waals surface area contributed by atoms with Gasteiger partial charge in [0, 0.05) is 15.6 Å². The van der Waals surface area contributed by atoms with Crippen LogP contribution in [-0.4, -0.2) is 21.7 Å². The van der Waals surface area contributed by atoms with Crippen LogP contribution in [0.15, 0.2) is 46.0 Å². The average Bonchev–Trinajstić information content (AvgIpc) is 3.07. The number of aromatic nitrogens is 2. The highest BCUT2D eigenvalue weighted by molar-refractivity contribution is 7.99. The quantitative estimate of drug-likeness (QED) is 0.335. The molecule has 0 fully saturated rings. The second kappa shape index (κ2) is 8.97. The standard InChI is InChI=1S/C18H13Cl3N2O3S/c1-10-6-11(19)3-5-16(10)25-8-17-22-23-18(26-17)27-9-15(24)13-4-2-12(20)7-14(13)21/h2-7H,8-9H2,1H3. The van der Waals surface area contributed by atoms with E-state index < -0.39 is 0 Å². The number of carbonyl (C=O) groups is 1. The molecule has 0 N–H and O–H groups in total. The van der Waals surface area contributed by atoms with Gasteiger partial charge in [-0.2, -0.15) is 0 Å². The van der Waals surface area contributed by atoms with Crippen LogP contribution in [0.1, 0.15) is 21.8 Å². The van der Waals surface area contributed by atoms with Crippen LogP contribution in [0, 0.1) is 6.92 Å². The fraction of sp³-hybridized carbons (Fsp3) is 0.167. The molecule has 0 atom stereocenters. The summed E-state index contributed by atoms with van der Waals surface area (Å²) in [6.07, 6.45) is 0. The molecule has 0 spiro atoms. The molecule has 0 radical (unpaired) electrons. The van der Waals surface area contributed by atoms with Crippen LogP contribution < -0.4 is 4.74 Å². The van der Waals surface area contributed by atoms with Crippen molar-refractivity contribution in [2.24, 2.45) is 0 Å². The number of ketones is 1. The third kappa shape index (κ3) is 5.39. The summed E-state index contributed by atoms with van der Waals surface area (Å²) in [5.41, 5.74) is 1.30. The van der Waals surface area contributed by atoms with E-state index >= 15 is 0 Å². The van der Waals surface area contributed by atoms with Crippen molar-refractivity contribution in [1.82, 2.24) is 10.2 Å². The molecule has 1 heterocycles. The lowest BCUT2D eigenvalue weighted by molar-refractivity contribution is 0.102. The lowest BCUT2D eigenvalue weighted by atomic mass is 10.1. The van der Waals surface area contributed by atoms with Crippen molar-refractivity contribution in [3.05, 3.63) is 68.5 Å². The number of Topliss-reactive ketones (excluding diaryl/α,β-unsaturated/α-hetero) is 1. The maximum atomic E-state index is 12.3. The molecule has 0 aliphatic carbocycles. The first kappa shape index (κ1) is 20.0. The molecule has 2 aromatic carbocycles. The van der Waals surface area contributed by atoms with E-state index in [4.69, 9.17) is 44.0 Å². The van der Waals surface area contributed by atoms with E-state index in [9.17, 15) is 4.79 Å². The maximum absolute atomic E-state index is 12.3. The normalized spacial score (nSPS) is 10.8. The molecule has 1 aromatic heterocycles. The number of hydrogen-bond acceptors (Lipinski definition) is 6. The number of thioether (sulfide) groups is 1. The van der Waals surface area contributed by atoms with Gasteiger partial charge in [-0.05, 0) is 48.9 Å². The van der Waals surface area contributed by atoms with Crippen molar-refractivity contribution >= 4 is 52.3 Å². The van der Waals surface area contributed by atoms with Gasteiger partial charge < -0.3 is 9.15 Å². The highest BCUT2D eigenvalue weighted by Gasteiger charge is 2.14. The van der Waals surface area contributed by atoms with Crippen molar-refractivity contribution in [2.45, 2.75) is 18.8 Å². The summed E-state index contributed by atoms with van der Waals surface area (Å²) in [4.78, 5) is 12.3. The molecule has 3 rings (SSSR count). The van der Waals surface area contributed by atoms with E-state index in [0.29, 0.717) is 32.3 Å². The molecule has 3 aromatic rings. The third-order valence-electron chi connectivity index (χ3n) is 3.49. The van der Waals surface area contributed by atoms with Gasteiger partial charge in [0.15, 0.2) is 12.4 Å². The summed E-state index contributed by atoms with van der Waals surface area (Å²) in [6.45, 7) is 2.01. The molecule has 0 aliphatic rings. The Kier molecular flexibility index (Phi) is 6.65. The number of aryl methyl sites for hydroxylation is 1. The number of carbonyl (C=O) groups excluding carboxylic acids is 1. The fourth-order valence-corrected chi connectivity index (χ4v) is 3.59. The van der Waals surface area contributed by atoms with Crippen molar-refractivity contribution in [2.75, 3.05) is 5.75 Å². The summed E-state index contributed by atoms with van der Waals surface area (Å²) >= 11 is 18.9. The zero-order valence-electron chi connectivity index (χ0n) is 14.0. The van der Waals surface area contributed by atoms with E-state index in [0.717, 1.165) is 17.3 Å². The number of benzene rings is 2. The van der Waals surface area contributed by atoms with E-state index in [1.165, 1.54) is 6.07 Å². The monoisotopic (exact) mass is 442 g/mol. The fourth-order valence-electron chi connectivity index (χ4n) is 2.19. The first-order valence-electron chi connectivity index (χ1n) is 7.75. The number of halogens is 3. The Morgan fingerprint density at radius 2 is 1.85 bits per heavy atom. The molecule has 27 heavy (non-hydrogen) atoms. The predicted molar refractivity (Wildman–Crippen MR) is 106 cm³/mol. The van der Waals surface area contributed by atoms with E-state index in [-0.39, 0.29) is 23.4 Å². The number of hydrogen-bond donors (Lipinski definition) is 0. The van der Waals surface area contributed by atoms with Gasteiger partial charge in [0.05, 0.1) is 10.8 Å². The van der Waals surface area contributed by atoms with Crippen LogP contribution in [0.3, 0.4) is 0 Å². The minimum absolute atomic E-state index is 0.111. The van der Waals surface area contributed by atoms with Gasteiger partial charge in [-0.15, -0.1) is 10.2 Å². The first-order valence-corrected chi connectivity index (χ1v) is 9.86. The Labute approximate surface area is 175 Å². The van der Waals surface area contributed by atoms with Crippen molar-refractivity contribution < 1.29 is 13.9 Å². The zero-order valence-corrected chi connectivity index (χ0v) is 17.1.